The second kappa shape index (κ2) is 3.53. The molecule has 0 saturated carbocycles. The number of pyridine rings is 1. The van der Waals surface area contributed by atoms with Crippen LogP contribution in [0.4, 0.5) is 4.39 Å². The Hall–Kier alpha value is -0.830. The van der Waals surface area contributed by atoms with E-state index >= 15 is 0 Å². The lowest BCUT2D eigenvalue weighted by molar-refractivity contribution is 0.320. The van der Waals surface area contributed by atoms with Crippen molar-refractivity contribution in [1.82, 2.24) is 4.98 Å². The molecule has 1 aromatic rings. The van der Waals surface area contributed by atoms with Crippen LogP contribution in [-0.2, 0) is 0 Å². The van der Waals surface area contributed by atoms with Crippen LogP contribution in [0, 0.1) is 5.82 Å². The van der Waals surface area contributed by atoms with Gasteiger partial charge in [-0.15, -0.1) is 0 Å². The lowest BCUT2D eigenvalue weighted by Gasteiger charge is -2.02. The van der Waals surface area contributed by atoms with E-state index in [2.05, 4.69) is 4.98 Å². The molecule has 0 unspecified atom stereocenters. The summed E-state index contributed by atoms with van der Waals surface area (Å²) in [6, 6.07) is 1.35. The van der Waals surface area contributed by atoms with Gasteiger partial charge in [0.05, 0.1) is 12.8 Å². The quantitative estimate of drug-likeness (QED) is 0.644. The number of hydrogen-bond acceptors (Lipinski definition) is 2. The highest BCUT2D eigenvalue weighted by Crippen LogP contribution is 2.18. The highest BCUT2D eigenvalue weighted by molar-refractivity contribution is 6.29. The zero-order valence-electron chi connectivity index (χ0n) is 5.97. The predicted molar refractivity (Wildman–Crippen MR) is 40.4 cm³/mol. The number of aromatic nitrogens is 1. The smallest absolute Gasteiger partial charge is 0.183 e. The Morgan fingerprint density at radius 3 is 3.09 bits per heavy atom. The van der Waals surface area contributed by atoms with Crippen molar-refractivity contribution in [3.05, 3.63) is 23.2 Å². The van der Waals surface area contributed by atoms with Crippen LogP contribution in [0.5, 0.6) is 5.75 Å². The van der Waals surface area contributed by atoms with Crippen LogP contribution in [0.3, 0.4) is 0 Å². The van der Waals surface area contributed by atoms with E-state index in [-0.39, 0.29) is 10.9 Å². The van der Waals surface area contributed by atoms with Crippen molar-refractivity contribution in [3.8, 4) is 5.75 Å². The van der Waals surface area contributed by atoms with Gasteiger partial charge >= 0.3 is 0 Å². The zero-order valence-corrected chi connectivity index (χ0v) is 6.73. The molecule has 0 aromatic carbocycles. The Balaban J connectivity index is 2.93. The molecule has 1 heterocycles. The monoisotopic (exact) mass is 175 g/mol. The standard InChI is InChI=1S/C7H7ClFNO/c1-2-11-6-3-7(8)10-4-5(6)9/h3-4H,2H2,1H3. The predicted octanol–water partition coefficient (Wildman–Crippen LogP) is 2.27. The first kappa shape index (κ1) is 8.27. The van der Waals surface area contributed by atoms with Crippen LogP contribution < -0.4 is 4.74 Å². The van der Waals surface area contributed by atoms with E-state index in [4.69, 9.17) is 16.3 Å². The molecule has 0 bridgehead atoms. The van der Waals surface area contributed by atoms with E-state index in [1.165, 1.54) is 6.07 Å². The van der Waals surface area contributed by atoms with E-state index < -0.39 is 5.82 Å². The molecular formula is C7H7ClFNO. The highest BCUT2D eigenvalue weighted by atomic mass is 35.5. The second-order valence-electron chi connectivity index (χ2n) is 1.87. The average Bonchev–Trinajstić information content (AvgIpc) is 1.98. The first-order valence-electron chi connectivity index (χ1n) is 3.18. The number of hydrogen-bond donors (Lipinski definition) is 0. The van der Waals surface area contributed by atoms with Gasteiger partial charge in [-0.2, -0.15) is 0 Å². The molecule has 0 aliphatic rings. The van der Waals surface area contributed by atoms with Crippen molar-refractivity contribution in [1.29, 1.82) is 0 Å². The lowest BCUT2D eigenvalue weighted by atomic mass is 10.4. The molecule has 1 rings (SSSR count). The van der Waals surface area contributed by atoms with Gasteiger partial charge < -0.3 is 4.74 Å². The molecular weight excluding hydrogens is 169 g/mol. The fourth-order valence-corrected chi connectivity index (χ4v) is 0.810. The Morgan fingerprint density at radius 2 is 2.45 bits per heavy atom. The normalized spacial score (nSPS) is 9.73. The third-order valence-electron chi connectivity index (χ3n) is 1.09. The van der Waals surface area contributed by atoms with E-state index in [1.54, 1.807) is 6.92 Å². The minimum absolute atomic E-state index is 0.146. The first-order chi connectivity index (χ1) is 5.24. The van der Waals surface area contributed by atoms with E-state index in [1.807, 2.05) is 0 Å². The summed E-state index contributed by atoms with van der Waals surface area (Å²) in [5, 5.41) is 0.231. The van der Waals surface area contributed by atoms with Crippen LogP contribution in [0.25, 0.3) is 0 Å². The van der Waals surface area contributed by atoms with Crippen molar-refractivity contribution in [2.75, 3.05) is 6.61 Å². The van der Waals surface area contributed by atoms with Crippen molar-refractivity contribution >= 4 is 11.6 Å². The molecule has 60 valence electrons. The number of nitrogens with zero attached hydrogens (tertiary/aromatic N) is 1. The number of halogens is 2. The minimum Gasteiger partial charge on any atom is -0.491 e. The Morgan fingerprint density at radius 1 is 1.73 bits per heavy atom. The SMILES string of the molecule is CCOc1cc(Cl)ncc1F. The molecule has 0 spiro atoms. The minimum atomic E-state index is -0.490. The van der Waals surface area contributed by atoms with Gasteiger partial charge in [0.15, 0.2) is 11.6 Å². The maximum Gasteiger partial charge on any atom is 0.183 e. The van der Waals surface area contributed by atoms with E-state index in [0.29, 0.717) is 6.61 Å². The van der Waals surface area contributed by atoms with Crippen LogP contribution in [0.1, 0.15) is 6.92 Å². The first-order valence-corrected chi connectivity index (χ1v) is 3.55. The van der Waals surface area contributed by atoms with Gasteiger partial charge in [-0.05, 0) is 6.92 Å². The van der Waals surface area contributed by atoms with Gasteiger partial charge in [-0.1, -0.05) is 11.6 Å². The molecule has 0 saturated heterocycles. The molecule has 0 amide bonds. The molecule has 0 aliphatic carbocycles. The maximum absolute atomic E-state index is 12.7. The number of rotatable bonds is 2. The third-order valence-corrected chi connectivity index (χ3v) is 1.29. The Labute approximate surface area is 69.0 Å². The van der Waals surface area contributed by atoms with E-state index in [0.717, 1.165) is 6.20 Å². The molecule has 0 radical (unpaired) electrons. The second-order valence-corrected chi connectivity index (χ2v) is 2.26. The maximum atomic E-state index is 12.7. The molecule has 2 nitrogen and oxygen atoms in total. The molecule has 0 N–H and O–H groups in total. The third kappa shape index (κ3) is 2.05. The molecule has 4 heteroatoms. The van der Waals surface area contributed by atoms with Crippen molar-refractivity contribution in [2.24, 2.45) is 0 Å². The highest BCUT2D eigenvalue weighted by Gasteiger charge is 2.02. The van der Waals surface area contributed by atoms with Crippen molar-refractivity contribution in [3.63, 3.8) is 0 Å². The van der Waals surface area contributed by atoms with Crippen molar-refractivity contribution in [2.45, 2.75) is 6.92 Å². The van der Waals surface area contributed by atoms with E-state index in [9.17, 15) is 4.39 Å². The summed E-state index contributed by atoms with van der Waals surface area (Å²) in [6.45, 7) is 2.19. The fraction of sp³-hybridized carbons (Fsp3) is 0.286. The summed E-state index contributed by atoms with van der Waals surface area (Å²) >= 11 is 5.49. The molecule has 0 fully saturated rings. The van der Waals surface area contributed by atoms with Crippen LogP contribution in [0.2, 0.25) is 5.15 Å². The van der Waals surface area contributed by atoms with Gasteiger partial charge in [-0.3, -0.25) is 0 Å². The Bertz CT molecular complexity index is 254. The van der Waals surface area contributed by atoms with Gasteiger partial charge in [0.2, 0.25) is 0 Å². The topological polar surface area (TPSA) is 22.1 Å². The molecule has 1 aromatic heterocycles. The molecule has 0 aliphatic heterocycles. The summed E-state index contributed by atoms with van der Waals surface area (Å²) in [6.07, 6.45) is 1.04. The fourth-order valence-electron chi connectivity index (χ4n) is 0.662. The van der Waals surface area contributed by atoms with Crippen LogP contribution >= 0.6 is 11.6 Å². The van der Waals surface area contributed by atoms with Crippen molar-refractivity contribution < 1.29 is 9.13 Å². The summed E-state index contributed by atoms with van der Waals surface area (Å²) in [5.41, 5.74) is 0. The van der Waals surface area contributed by atoms with Gasteiger partial charge in [-0.25, -0.2) is 9.37 Å². The zero-order chi connectivity index (χ0) is 8.27. The van der Waals surface area contributed by atoms with Gasteiger partial charge in [0.25, 0.3) is 0 Å². The molecule has 11 heavy (non-hydrogen) atoms. The summed E-state index contributed by atoms with van der Waals surface area (Å²) < 4.78 is 17.6. The van der Waals surface area contributed by atoms with Crippen LogP contribution in [-0.4, -0.2) is 11.6 Å². The summed E-state index contributed by atoms with van der Waals surface area (Å²) in [7, 11) is 0. The van der Waals surface area contributed by atoms with Crippen LogP contribution in [0.15, 0.2) is 12.3 Å². The Kier molecular flexibility index (Phi) is 2.65. The summed E-state index contributed by atoms with van der Waals surface area (Å²) in [5.74, 6) is -0.344. The summed E-state index contributed by atoms with van der Waals surface area (Å²) in [4.78, 5) is 3.53. The largest absolute Gasteiger partial charge is 0.491 e. The van der Waals surface area contributed by atoms with Gasteiger partial charge in [0.1, 0.15) is 5.15 Å². The average molecular weight is 176 g/mol. The molecule has 0 atom stereocenters. The van der Waals surface area contributed by atoms with Gasteiger partial charge in [0, 0.05) is 6.07 Å². The number of ether oxygens (including phenoxy) is 1. The lowest BCUT2D eigenvalue weighted by Crippen LogP contribution is -1.94.